The highest BCUT2D eigenvalue weighted by molar-refractivity contribution is 5.98. The van der Waals surface area contributed by atoms with Crippen molar-refractivity contribution in [3.05, 3.63) is 64.7 Å². The highest BCUT2D eigenvalue weighted by Gasteiger charge is 2.11. The lowest BCUT2D eigenvalue weighted by molar-refractivity contribution is -0.137. The van der Waals surface area contributed by atoms with E-state index in [1.54, 1.807) is 19.1 Å². The smallest absolute Gasteiger partial charge is 0.348 e. The Balaban J connectivity index is 2.01. The minimum Gasteiger partial charge on any atom is -0.490 e. The van der Waals surface area contributed by atoms with Gasteiger partial charge in [0.1, 0.15) is 36.4 Å². The lowest BCUT2D eigenvalue weighted by Crippen LogP contribution is -2.10. The van der Waals surface area contributed by atoms with Gasteiger partial charge < -0.3 is 14.2 Å². The van der Waals surface area contributed by atoms with Crippen molar-refractivity contribution in [1.29, 1.82) is 5.26 Å². The Morgan fingerprint density at radius 2 is 1.86 bits per heavy atom. The first kappa shape index (κ1) is 21.0. The number of esters is 1. The minimum atomic E-state index is -0.644. The predicted molar refractivity (Wildman–Crippen MR) is 108 cm³/mol. The molecule has 0 aliphatic carbocycles. The molecule has 2 aromatic rings. The summed E-state index contributed by atoms with van der Waals surface area (Å²) in [5, 5.41) is 9.20. The Kier molecular flexibility index (Phi) is 8.11. The lowest BCUT2D eigenvalue weighted by atomic mass is 10.1. The van der Waals surface area contributed by atoms with Crippen molar-refractivity contribution in [3.8, 4) is 17.6 Å². The van der Waals surface area contributed by atoms with Gasteiger partial charge in [-0.1, -0.05) is 31.2 Å². The van der Waals surface area contributed by atoms with Crippen molar-refractivity contribution in [3.63, 3.8) is 0 Å². The Labute approximate surface area is 166 Å². The fourth-order valence-corrected chi connectivity index (χ4v) is 2.66. The van der Waals surface area contributed by atoms with Crippen LogP contribution in [-0.2, 0) is 16.0 Å². The van der Waals surface area contributed by atoms with E-state index in [-0.39, 0.29) is 12.2 Å². The van der Waals surface area contributed by atoms with Crippen LogP contribution in [0.25, 0.3) is 6.08 Å². The van der Waals surface area contributed by atoms with Crippen LogP contribution < -0.4 is 9.47 Å². The number of aryl methyl sites for hydroxylation is 2. The average Bonchev–Trinajstić information content (AvgIpc) is 2.70. The number of nitriles is 1. The largest absolute Gasteiger partial charge is 0.490 e. The van der Waals surface area contributed by atoms with Gasteiger partial charge in [-0.15, -0.1) is 0 Å². The van der Waals surface area contributed by atoms with E-state index in [1.165, 1.54) is 11.6 Å². The van der Waals surface area contributed by atoms with Crippen LogP contribution in [0.1, 0.15) is 30.5 Å². The van der Waals surface area contributed by atoms with Crippen LogP contribution >= 0.6 is 0 Å². The van der Waals surface area contributed by atoms with E-state index in [2.05, 4.69) is 13.0 Å². The van der Waals surface area contributed by atoms with E-state index in [0.29, 0.717) is 24.5 Å². The first-order valence-electron chi connectivity index (χ1n) is 9.31. The molecule has 0 N–H and O–H groups in total. The van der Waals surface area contributed by atoms with Gasteiger partial charge in [0, 0.05) is 5.56 Å². The van der Waals surface area contributed by atoms with Gasteiger partial charge in [-0.05, 0) is 55.7 Å². The molecule has 0 unspecified atom stereocenters. The number of benzene rings is 2. The summed E-state index contributed by atoms with van der Waals surface area (Å²) in [5.41, 5.74) is 2.96. The van der Waals surface area contributed by atoms with E-state index in [4.69, 9.17) is 14.2 Å². The molecule has 0 aromatic heterocycles. The number of carbonyl (C=O) groups is 1. The van der Waals surface area contributed by atoms with Crippen LogP contribution in [0.5, 0.6) is 11.5 Å². The third-order valence-corrected chi connectivity index (χ3v) is 3.96. The molecule has 5 heteroatoms. The van der Waals surface area contributed by atoms with E-state index >= 15 is 0 Å². The number of carbonyl (C=O) groups excluding carboxylic acids is 1. The zero-order valence-electron chi connectivity index (χ0n) is 16.5. The summed E-state index contributed by atoms with van der Waals surface area (Å²) >= 11 is 0. The van der Waals surface area contributed by atoms with Crippen LogP contribution in [0.3, 0.4) is 0 Å². The van der Waals surface area contributed by atoms with Crippen LogP contribution in [0.15, 0.2) is 48.0 Å². The Morgan fingerprint density at radius 1 is 1.11 bits per heavy atom. The average molecular weight is 379 g/mol. The first-order valence-corrected chi connectivity index (χ1v) is 9.31. The zero-order valence-corrected chi connectivity index (χ0v) is 16.5. The van der Waals surface area contributed by atoms with Gasteiger partial charge >= 0.3 is 5.97 Å². The molecule has 146 valence electrons. The monoisotopic (exact) mass is 379 g/mol. The molecule has 0 spiro atoms. The number of hydrogen-bond donors (Lipinski definition) is 0. The summed E-state index contributed by atoms with van der Waals surface area (Å²) in [6.07, 6.45) is 2.43. The number of ether oxygens (including phenoxy) is 3. The fraction of sp³-hybridized carbons (Fsp3) is 0.304. The van der Waals surface area contributed by atoms with Crippen LogP contribution in [-0.4, -0.2) is 25.8 Å². The van der Waals surface area contributed by atoms with Crippen LogP contribution in [0.4, 0.5) is 0 Å². The molecule has 0 aliphatic heterocycles. The summed E-state index contributed by atoms with van der Waals surface area (Å²) in [6, 6.07) is 15.2. The topological polar surface area (TPSA) is 68.6 Å². The molecule has 2 rings (SSSR count). The maximum absolute atomic E-state index is 11.8. The Hall–Kier alpha value is -3.26. The second-order valence-corrected chi connectivity index (χ2v) is 6.13. The van der Waals surface area contributed by atoms with Crippen molar-refractivity contribution in [2.45, 2.75) is 27.2 Å². The van der Waals surface area contributed by atoms with Gasteiger partial charge in [-0.2, -0.15) is 5.26 Å². The molecular formula is C23H25NO4. The molecule has 0 fully saturated rings. The van der Waals surface area contributed by atoms with Gasteiger partial charge in [-0.25, -0.2) is 4.79 Å². The third kappa shape index (κ3) is 6.17. The van der Waals surface area contributed by atoms with Crippen molar-refractivity contribution in [1.82, 2.24) is 0 Å². The molecule has 0 atom stereocenters. The summed E-state index contributed by atoms with van der Waals surface area (Å²) < 4.78 is 16.5. The fourth-order valence-electron chi connectivity index (χ4n) is 2.66. The number of nitrogens with zero attached hydrogens (tertiary/aromatic N) is 1. The van der Waals surface area contributed by atoms with Gasteiger partial charge in [0.2, 0.25) is 0 Å². The van der Waals surface area contributed by atoms with Gasteiger partial charge in [-0.3, -0.25) is 0 Å². The maximum atomic E-state index is 11.8. The van der Waals surface area contributed by atoms with E-state index < -0.39 is 5.97 Å². The second-order valence-electron chi connectivity index (χ2n) is 6.13. The summed E-state index contributed by atoms with van der Waals surface area (Å²) in [4.78, 5) is 11.8. The molecule has 0 aliphatic rings. The zero-order chi connectivity index (χ0) is 20.4. The van der Waals surface area contributed by atoms with Gasteiger partial charge in [0.05, 0.1) is 6.61 Å². The van der Waals surface area contributed by atoms with Gasteiger partial charge in [0.25, 0.3) is 0 Å². The first-order chi connectivity index (χ1) is 13.6. The number of hydrogen-bond acceptors (Lipinski definition) is 5. The molecule has 0 bridgehead atoms. The molecule has 0 amide bonds. The van der Waals surface area contributed by atoms with E-state index in [9.17, 15) is 10.1 Å². The third-order valence-electron chi connectivity index (χ3n) is 3.96. The van der Waals surface area contributed by atoms with Gasteiger partial charge in [0.15, 0.2) is 0 Å². The van der Waals surface area contributed by atoms with Crippen LogP contribution in [0, 0.1) is 18.3 Å². The SMILES string of the molecule is CCOC(=O)C(C#N)=Cc1ccccc1OCCOc1cc(C)cc(CC)c1. The number of rotatable bonds is 9. The molecule has 0 heterocycles. The van der Waals surface area contributed by atoms with Crippen molar-refractivity contribution < 1.29 is 19.0 Å². The summed E-state index contributed by atoms with van der Waals surface area (Å²) in [6.45, 7) is 6.78. The predicted octanol–water partition coefficient (Wildman–Crippen LogP) is 4.49. The molecule has 2 aromatic carbocycles. The molecule has 0 radical (unpaired) electrons. The van der Waals surface area contributed by atoms with Crippen molar-refractivity contribution in [2.24, 2.45) is 0 Å². The quantitative estimate of drug-likeness (QED) is 0.278. The Bertz CT molecular complexity index is 880. The second kappa shape index (κ2) is 10.8. The van der Waals surface area contributed by atoms with E-state index in [0.717, 1.165) is 17.7 Å². The standard InChI is InChI=1S/C23H25NO4/c1-4-18-12-17(3)13-21(14-18)27-10-11-28-22-9-7-6-8-19(22)15-20(16-24)23(25)26-5-2/h6-9,12-15H,4-5,10-11H2,1-3H3. The summed E-state index contributed by atoms with van der Waals surface area (Å²) in [5.74, 6) is 0.749. The summed E-state index contributed by atoms with van der Waals surface area (Å²) in [7, 11) is 0. The van der Waals surface area contributed by atoms with Crippen molar-refractivity contribution >= 4 is 12.0 Å². The minimum absolute atomic E-state index is 0.0685. The highest BCUT2D eigenvalue weighted by atomic mass is 16.5. The van der Waals surface area contributed by atoms with E-state index in [1.807, 2.05) is 37.3 Å². The number of para-hydroxylation sites is 1. The molecule has 0 saturated carbocycles. The highest BCUT2D eigenvalue weighted by Crippen LogP contribution is 2.22. The van der Waals surface area contributed by atoms with Crippen LogP contribution in [0.2, 0.25) is 0 Å². The molecular weight excluding hydrogens is 354 g/mol. The molecule has 5 nitrogen and oxygen atoms in total. The maximum Gasteiger partial charge on any atom is 0.348 e. The van der Waals surface area contributed by atoms with Crippen molar-refractivity contribution in [2.75, 3.05) is 19.8 Å². The molecule has 28 heavy (non-hydrogen) atoms. The Morgan fingerprint density at radius 3 is 2.57 bits per heavy atom. The molecule has 0 saturated heterocycles. The normalized spacial score (nSPS) is 10.9. The lowest BCUT2D eigenvalue weighted by Gasteiger charge is -2.12.